The summed E-state index contributed by atoms with van der Waals surface area (Å²) in [6, 6.07) is 7.80. The van der Waals surface area contributed by atoms with Gasteiger partial charge in [0.05, 0.1) is 17.3 Å². The van der Waals surface area contributed by atoms with E-state index >= 15 is 0 Å². The van der Waals surface area contributed by atoms with Crippen molar-refractivity contribution in [2.24, 2.45) is 7.05 Å². The van der Waals surface area contributed by atoms with Gasteiger partial charge in [-0.2, -0.15) is 5.10 Å². The summed E-state index contributed by atoms with van der Waals surface area (Å²) in [4.78, 5) is 10.9. The van der Waals surface area contributed by atoms with Crippen molar-refractivity contribution in [1.82, 2.24) is 9.78 Å². The quantitative estimate of drug-likeness (QED) is 0.907. The van der Waals surface area contributed by atoms with Crippen LogP contribution in [-0.4, -0.2) is 20.9 Å². The molecule has 4 nitrogen and oxygen atoms in total. The highest BCUT2D eigenvalue weighted by Gasteiger charge is 2.18. The normalized spacial score (nSPS) is 12.4. The maximum absolute atomic E-state index is 13.2. The van der Waals surface area contributed by atoms with E-state index in [1.54, 1.807) is 36.9 Å². The lowest BCUT2D eigenvalue weighted by atomic mass is 10.1. The second-order valence-electron chi connectivity index (χ2n) is 4.15. The molecule has 1 unspecified atom stereocenters. The van der Waals surface area contributed by atoms with E-state index in [1.165, 1.54) is 12.1 Å². The van der Waals surface area contributed by atoms with Gasteiger partial charge in [-0.05, 0) is 25.1 Å². The van der Waals surface area contributed by atoms with Crippen LogP contribution >= 0.6 is 0 Å². The molecule has 18 heavy (non-hydrogen) atoms. The van der Waals surface area contributed by atoms with Crippen molar-refractivity contribution in [2.75, 3.05) is 0 Å². The van der Waals surface area contributed by atoms with Gasteiger partial charge in [0.1, 0.15) is 5.82 Å². The molecule has 0 aliphatic rings. The third kappa shape index (κ3) is 2.25. The van der Waals surface area contributed by atoms with Crippen LogP contribution in [-0.2, 0) is 11.8 Å². The van der Waals surface area contributed by atoms with Crippen LogP contribution in [0.1, 0.15) is 18.5 Å². The summed E-state index contributed by atoms with van der Waals surface area (Å²) >= 11 is 0. The molecule has 2 aromatic rings. The van der Waals surface area contributed by atoms with Crippen LogP contribution in [0.3, 0.4) is 0 Å². The predicted molar refractivity (Wildman–Crippen MR) is 64.7 cm³/mol. The lowest BCUT2D eigenvalue weighted by Crippen LogP contribution is -2.08. The first kappa shape index (κ1) is 12.3. The number of hydrogen-bond donors (Lipinski definition) is 1. The van der Waals surface area contributed by atoms with Crippen molar-refractivity contribution >= 4 is 5.97 Å². The maximum atomic E-state index is 13.2. The van der Waals surface area contributed by atoms with E-state index in [4.69, 9.17) is 5.11 Å². The Labute approximate surface area is 104 Å². The molecule has 0 aliphatic heterocycles. The molecule has 0 fully saturated rings. The molecule has 1 heterocycles. The second-order valence-corrected chi connectivity index (χ2v) is 4.15. The van der Waals surface area contributed by atoms with Crippen molar-refractivity contribution in [2.45, 2.75) is 12.8 Å². The summed E-state index contributed by atoms with van der Waals surface area (Å²) in [5.74, 6) is -1.95. The second kappa shape index (κ2) is 4.60. The van der Waals surface area contributed by atoms with Crippen LogP contribution in [0.5, 0.6) is 0 Å². The molecule has 94 valence electrons. The Morgan fingerprint density at radius 3 is 2.78 bits per heavy atom. The van der Waals surface area contributed by atoms with Gasteiger partial charge in [-0.1, -0.05) is 12.1 Å². The van der Waals surface area contributed by atoms with Crippen molar-refractivity contribution in [1.29, 1.82) is 0 Å². The number of aromatic nitrogens is 2. The predicted octanol–water partition coefficient (Wildman–Crippen LogP) is 2.41. The van der Waals surface area contributed by atoms with E-state index in [9.17, 15) is 9.18 Å². The monoisotopic (exact) mass is 248 g/mol. The van der Waals surface area contributed by atoms with Crippen LogP contribution in [0, 0.1) is 5.82 Å². The minimum absolute atomic E-state index is 0.332. The largest absolute Gasteiger partial charge is 0.481 e. The zero-order chi connectivity index (χ0) is 13.3. The van der Waals surface area contributed by atoms with Crippen LogP contribution < -0.4 is 0 Å². The van der Waals surface area contributed by atoms with Crippen LogP contribution in [0.25, 0.3) is 11.3 Å². The lowest BCUT2D eigenvalue weighted by Gasteiger charge is -2.00. The Kier molecular flexibility index (Phi) is 3.14. The fraction of sp³-hybridized carbons (Fsp3) is 0.231. The van der Waals surface area contributed by atoms with Crippen LogP contribution in [0.15, 0.2) is 30.3 Å². The van der Waals surface area contributed by atoms with Crippen LogP contribution in [0.2, 0.25) is 0 Å². The van der Waals surface area contributed by atoms with E-state index in [2.05, 4.69) is 5.10 Å². The molecule has 0 radical (unpaired) electrons. The van der Waals surface area contributed by atoms with Crippen LogP contribution in [0.4, 0.5) is 4.39 Å². The number of carboxylic acid groups (broad SMARTS) is 1. The Hall–Kier alpha value is -2.17. The van der Waals surface area contributed by atoms with E-state index in [1.807, 2.05) is 0 Å². The maximum Gasteiger partial charge on any atom is 0.312 e. The first-order valence-corrected chi connectivity index (χ1v) is 5.51. The molecule has 0 spiro atoms. The molecule has 5 heteroatoms. The van der Waals surface area contributed by atoms with E-state index in [0.717, 1.165) is 0 Å². The highest BCUT2D eigenvalue weighted by atomic mass is 19.1. The molecule has 0 saturated heterocycles. The summed E-state index contributed by atoms with van der Waals surface area (Å²) in [5, 5.41) is 13.1. The Morgan fingerprint density at radius 2 is 2.17 bits per heavy atom. The summed E-state index contributed by atoms with van der Waals surface area (Å²) in [5.41, 5.74) is 1.83. The molecule has 1 aromatic heterocycles. The molecular formula is C13H13FN2O2. The molecule has 1 aromatic carbocycles. The van der Waals surface area contributed by atoms with Gasteiger partial charge in [0.25, 0.3) is 0 Å². The van der Waals surface area contributed by atoms with E-state index in [-0.39, 0.29) is 5.82 Å². The first-order valence-electron chi connectivity index (χ1n) is 5.51. The molecule has 1 atom stereocenters. The molecule has 0 amide bonds. The number of nitrogens with zero attached hydrogens (tertiary/aromatic N) is 2. The van der Waals surface area contributed by atoms with Crippen molar-refractivity contribution in [3.8, 4) is 11.3 Å². The number of rotatable bonds is 3. The molecule has 0 aliphatic carbocycles. The number of aryl methyl sites for hydroxylation is 1. The number of halogens is 1. The van der Waals surface area contributed by atoms with Crippen molar-refractivity contribution in [3.05, 3.63) is 41.8 Å². The molecular weight excluding hydrogens is 235 g/mol. The average Bonchev–Trinajstić information content (AvgIpc) is 2.70. The summed E-state index contributed by atoms with van der Waals surface area (Å²) in [6.45, 7) is 1.57. The summed E-state index contributed by atoms with van der Waals surface area (Å²) < 4.78 is 14.7. The van der Waals surface area contributed by atoms with Crippen molar-refractivity contribution in [3.63, 3.8) is 0 Å². The standard InChI is InChI=1S/C13H13FN2O2/c1-8(13(17)18)11-7-12(16(2)15-11)9-4-3-5-10(14)6-9/h3-8H,1-2H3,(H,17,18). The first-order chi connectivity index (χ1) is 8.49. The topological polar surface area (TPSA) is 55.1 Å². The minimum atomic E-state index is -0.932. The molecule has 0 saturated carbocycles. The number of hydrogen-bond acceptors (Lipinski definition) is 2. The zero-order valence-corrected chi connectivity index (χ0v) is 10.1. The van der Waals surface area contributed by atoms with Gasteiger partial charge < -0.3 is 5.11 Å². The number of carboxylic acids is 1. The van der Waals surface area contributed by atoms with Gasteiger partial charge in [-0.15, -0.1) is 0 Å². The summed E-state index contributed by atoms with van der Waals surface area (Å²) in [6.07, 6.45) is 0. The third-order valence-corrected chi connectivity index (χ3v) is 2.83. The molecule has 2 rings (SSSR count). The summed E-state index contributed by atoms with van der Waals surface area (Å²) in [7, 11) is 1.71. The number of carbonyl (C=O) groups is 1. The fourth-order valence-corrected chi connectivity index (χ4v) is 1.75. The highest BCUT2D eigenvalue weighted by molar-refractivity contribution is 5.75. The third-order valence-electron chi connectivity index (χ3n) is 2.83. The van der Waals surface area contributed by atoms with Gasteiger partial charge in [-0.3, -0.25) is 9.48 Å². The Morgan fingerprint density at radius 1 is 1.44 bits per heavy atom. The zero-order valence-electron chi connectivity index (χ0n) is 10.1. The van der Waals surface area contributed by atoms with Gasteiger partial charge in [-0.25, -0.2) is 4.39 Å². The smallest absolute Gasteiger partial charge is 0.312 e. The average molecular weight is 248 g/mol. The van der Waals surface area contributed by atoms with E-state index in [0.29, 0.717) is 17.0 Å². The fourth-order valence-electron chi connectivity index (χ4n) is 1.75. The Bertz CT molecular complexity index is 592. The number of aliphatic carboxylic acids is 1. The van der Waals surface area contributed by atoms with E-state index < -0.39 is 11.9 Å². The SMILES string of the molecule is CC(C(=O)O)c1cc(-c2cccc(F)c2)n(C)n1. The van der Waals surface area contributed by atoms with Gasteiger partial charge in [0.15, 0.2) is 0 Å². The molecule has 0 bridgehead atoms. The van der Waals surface area contributed by atoms with Gasteiger partial charge in [0, 0.05) is 12.6 Å². The highest BCUT2D eigenvalue weighted by Crippen LogP contribution is 2.24. The van der Waals surface area contributed by atoms with Gasteiger partial charge in [0.2, 0.25) is 0 Å². The Balaban J connectivity index is 2.44. The minimum Gasteiger partial charge on any atom is -0.481 e. The van der Waals surface area contributed by atoms with Gasteiger partial charge >= 0.3 is 5.97 Å². The molecule has 1 N–H and O–H groups in total. The number of benzene rings is 1. The lowest BCUT2D eigenvalue weighted by molar-refractivity contribution is -0.138. The van der Waals surface area contributed by atoms with Crippen molar-refractivity contribution < 1.29 is 14.3 Å².